The standard InChI is InChI=1S/C19H16N4O3S/c1-10-6-7-11(17(26)16(10)25)8-21-23-9-13(24)15(18(23)20)19-22-12-4-2-3-5-14(12)27-19/h2-8,25-26H,9,20H2,1H3/b21-8+. The Balaban J connectivity index is 1.67. The fourth-order valence-corrected chi connectivity index (χ4v) is 3.85. The van der Waals surface area contributed by atoms with E-state index in [1.165, 1.54) is 22.6 Å². The Labute approximate surface area is 158 Å². The number of carbonyl (C=O) groups excluding carboxylic acids is 1. The molecule has 0 aliphatic carbocycles. The second-order valence-corrected chi connectivity index (χ2v) is 7.17. The molecule has 0 saturated carbocycles. The third kappa shape index (κ3) is 2.89. The van der Waals surface area contributed by atoms with Crippen LogP contribution in [0.4, 0.5) is 0 Å². The van der Waals surface area contributed by atoms with Crippen LogP contribution in [0.1, 0.15) is 16.1 Å². The number of hydrazone groups is 1. The lowest BCUT2D eigenvalue weighted by Crippen LogP contribution is -2.20. The van der Waals surface area contributed by atoms with Gasteiger partial charge in [-0.05, 0) is 30.7 Å². The molecule has 2 heterocycles. The molecule has 136 valence electrons. The van der Waals surface area contributed by atoms with Gasteiger partial charge in [0, 0.05) is 5.56 Å². The Hall–Kier alpha value is -3.39. The van der Waals surface area contributed by atoms with Gasteiger partial charge in [0.15, 0.2) is 17.3 Å². The van der Waals surface area contributed by atoms with Crippen LogP contribution in [-0.4, -0.2) is 38.7 Å². The molecule has 0 fully saturated rings. The van der Waals surface area contributed by atoms with Crippen LogP contribution in [-0.2, 0) is 4.79 Å². The van der Waals surface area contributed by atoms with Crippen LogP contribution in [0.5, 0.6) is 11.5 Å². The van der Waals surface area contributed by atoms with E-state index in [9.17, 15) is 15.0 Å². The molecule has 0 saturated heterocycles. The van der Waals surface area contributed by atoms with Crippen molar-refractivity contribution in [2.24, 2.45) is 10.8 Å². The molecular formula is C19H16N4O3S. The van der Waals surface area contributed by atoms with E-state index < -0.39 is 0 Å². The third-order valence-electron chi connectivity index (χ3n) is 4.33. The first-order valence-electron chi connectivity index (χ1n) is 8.17. The van der Waals surface area contributed by atoms with Crippen molar-refractivity contribution in [2.45, 2.75) is 6.92 Å². The summed E-state index contributed by atoms with van der Waals surface area (Å²) in [4.78, 5) is 17.0. The number of aryl methyl sites for hydroxylation is 1. The molecule has 7 nitrogen and oxygen atoms in total. The average molecular weight is 380 g/mol. The van der Waals surface area contributed by atoms with E-state index in [2.05, 4.69) is 10.1 Å². The highest BCUT2D eigenvalue weighted by atomic mass is 32.1. The summed E-state index contributed by atoms with van der Waals surface area (Å²) in [6.45, 7) is 1.67. The summed E-state index contributed by atoms with van der Waals surface area (Å²) in [7, 11) is 0. The largest absolute Gasteiger partial charge is 0.504 e. The number of fused-ring (bicyclic) bond motifs is 1. The van der Waals surface area contributed by atoms with Crippen molar-refractivity contribution < 1.29 is 15.0 Å². The number of nitrogens with two attached hydrogens (primary N) is 1. The summed E-state index contributed by atoms with van der Waals surface area (Å²) in [6.07, 6.45) is 1.36. The number of ketones is 1. The predicted octanol–water partition coefficient (Wildman–Crippen LogP) is 2.56. The smallest absolute Gasteiger partial charge is 0.191 e. The Kier molecular flexibility index (Phi) is 4.04. The number of nitrogens with zero attached hydrogens (tertiary/aromatic N) is 3. The first kappa shape index (κ1) is 17.0. The van der Waals surface area contributed by atoms with Gasteiger partial charge in [0.2, 0.25) is 0 Å². The summed E-state index contributed by atoms with van der Waals surface area (Å²) < 4.78 is 0.975. The number of thiazole rings is 1. The number of hydrogen-bond acceptors (Lipinski definition) is 8. The first-order chi connectivity index (χ1) is 13.0. The minimum atomic E-state index is -0.266. The fraction of sp³-hybridized carbons (Fsp3) is 0.105. The minimum Gasteiger partial charge on any atom is -0.504 e. The molecular weight excluding hydrogens is 364 g/mol. The van der Waals surface area contributed by atoms with Crippen LogP contribution >= 0.6 is 11.3 Å². The van der Waals surface area contributed by atoms with Crippen molar-refractivity contribution in [1.29, 1.82) is 0 Å². The summed E-state index contributed by atoms with van der Waals surface area (Å²) in [5.41, 5.74) is 8.19. The molecule has 4 N–H and O–H groups in total. The lowest BCUT2D eigenvalue weighted by atomic mass is 10.1. The van der Waals surface area contributed by atoms with Gasteiger partial charge in [0.25, 0.3) is 0 Å². The number of phenolic OH excluding ortho intramolecular Hbond substituents is 2. The normalized spacial score (nSPS) is 14.9. The van der Waals surface area contributed by atoms with Gasteiger partial charge in [-0.1, -0.05) is 18.2 Å². The zero-order chi connectivity index (χ0) is 19.1. The molecule has 4 rings (SSSR count). The Morgan fingerprint density at radius 2 is 2.00 bits per heavy atom. The monoisotopic (exact) mass is 380 g/mol. The van der Waals surface area contributed by atoms with Crippen LogP contribution in [0.25, 0.3) is 15.8 Å². The molecule has 0 unspecified atom stereocenters. The van der Waals surface area contributed by atoms with Gasteiger partial charge in [-0.3, -0.25) is 4.79 Å². The van der Waals surface area contributed by atoms with Crippen molar-refractivity contribution in [1.82, 2.24) is 9.99 Å². The molecule has 1 aliphatic rings. The Morgan fingerprint density at radius 1 is 1.22 bits per heavy atom. The van der Waals surface area contributed by atoms with Crippen LogP contribution in [0.2, 0.25) is 0 Å². The number of Topliss-reactive ketones (excluding diaryl/α,β-unsaturated/α-hetero) is 1. The molecule has 0 bridgehead atoms. The minimum absolute atomic E-state index is 0.00774. The van der Waals surface area contributed by atoms with E-state index in [0.29, 0.717) is 21.7 Å². The molecule has 2 aromatic carbocycles. The van der Waals surface area contributed by atoms with Gasteiger partial charge in [-0.15, -0.1) is 11.3 Å². The summed E-state index contributed by atoms with van der Waals surface area (Å²) >= 11 is 1.40. The Bertz CT molecular complexity index is 1100. The van der Waals surface area contributed by atoms with Gasteiger partial charge < -0.3 is 15.9 Å². The number of phenols is 2. The number of benzene rings is 2. The lowest BCUT2D eigenvalue weighted by molar-refractivity contribution is -0.113. The zero-order valence-corrected chi connectivity index (χ0v) is 15.2. The summed E-state index contributed by atoms with van der Waals surface area (Å²) in [5, 5.41) is 25.9. The van der Waals surface area contributed by atoms with Crippen molar-refractivity contribution in [3.63, 3.8) is 0 Å². The number of hydrogen-bond donors (Lipinski definition) is 3. The quantitative estimate of drug-likeness (QED) is 0.476. The number of rotatable bonds is 3. The zero-order valence-electron chi connectivity index (χ0n) is 14.4. The third-order valence-corrected chi connectivity index (χ3v) is 5.39. The van der Waals surface area contributed by atoms with Crippen LogP contribution < -0.4 is 5.73 Å². The summed E-state index contributed by atoms with van der Waals surface area (Å²) in [5.74, 6) is -0.417. The van der Waals surface area contributed by atoms with Crippen LogP contribution in [0.3, 0.4) is 0 Å². The fourth-order valence-electron chi connectivity index (χ4n) is 2.82. The Morgan fingerprint density at radius 3 is 2.78 bits per heavy atom. The number of carbonyl (C=O) groups is 1. The van der Waals surface area contributed by atoms with E-state index >= 15 is 0 Å². The maximum Gasteiger partial charge on any atom is 0.191 e. The number of aromatic nitrogens is 1. The highest BCUT2D eigenvalue weighted by molar-refractivity contribution is 7.19. The van der Waals surface area contributed by atoms with Crippen LogP contribution in [0.15, 0.2) is 47.3 Å². The van der Waals surface area contributed by atoms with E-state index in [0.717, 1.165) is 10.2 Å². The lowest BCUT2D eigenvalue weighted by Gasteiger charge is -2.11. The molecule has 8 heteroatoms. The topological polar surface area (TPSA) is 112 Å². The van der Waals surface area contributed by atoms with Gasteiger partial charge in [-0.2, -0.15) is 5.10 Å². The number of para-hydroxylation sites is 1. The highest BCUT2D eigenvalue weighted by Gasteiger charge is 2.31. The van der Waals surface area contributed by atoms with Crippen LogP contribution in [0, 0.1) is 6.92 Å². The predicted molar refractivity (Wildman–Crippen MR) is 105 cm³/mol. The molecule has 3 aromatic rings. The van der Waals surface area contributed by atoms with Crippen molar-refractivity contribution in [2.75, 3.05) is 6.54 Å². The maximum atomic E-state index is 12.5. The van der Waals surface area contributed by atoms with Gasteiger partial charge in [0.05, 0.1) is 22.0 Å². The second kappa shape index (κ2) is 6.40. The molecule has 0 radical (unpaired) electrons. The molecule has 1 aromatic heterocycles. The molecule has 1 aliphatic heterocycles. The van der Waals surface area contributed by atoms with E-state index in [4.69, 9.17) is 5.73 Å². The van der Waals surface area contributed by atoms with Crippen molar-refractivity contribution >= 4 is 39.1 Å². The molecule has 0 amide bonds. The molecule has 0 spiro atoms. The highest BCUT2D eigenvalue weighted by Crippen LogP contribution is 2.33. The maximum absolute atomic E-state index is 12.5. The van der Waals surface area contributed by atoms with E-state index in [-0.39, 0.29) is 29.6 Å². The van der Waals surface area contributed by atoms with E-state index in [1.807, 2.05) is 24.3 Å². The molecule has 0 atom stereocenters. The second-order valence-electron chi connectivity index (χ2n) is 6.14. The van der Waals surface area contributed by atoms with Crippen molar-refractivity contribution in [3.8, 4) is 11.5 Å². The SMILES string of the molecule is Cc1ccc(/C=N/N2CC(=O)C(c3nc4ccccc4s3)=C2N)c(O)c1O. The first-order valence-corrected chi connectivity index (χ1v) is 8.99. The summed E-state index contributed by atoms with van der Waals surface area (Å²) in [6, 6.07) is 10.9. The molecule has 27 heavy (non-hydrogen) atoms. The van der Waals surface area contributed by atoms with E-state index in [1.54, 1.807) is 19.1 Å². The van der Waals surface area contributed by atoms with Gasteiger partial charge in [0.1, 0.15) is 17.4 Å². The van der Waals surface area contributed by atoms with Gasteiger partial charge in [-0.25, -0.2) is 9.99 Å². The van der Waals surface area contributed by atoms with Gasteiger partial charge >= 0.3 is 0 Å². The number of aromatic hydroxyl groups is 2. The average Bonchev–Trinajstić information content (AvgIpc) is 3.19. The van der Waals surface area contributed by atoms with Crippen molar-refractivity contribution in [3.05, 3.63) is 58.4 Å².